The van der Waals surface area contributed by atoms with E-state index in [9.17, 15) is 14.4 Å². The molecule has 2 amide bonds. The largest absolute Gasteiger partial charge is 0.450 e. The fourth-order valence-corrected chi connectivity index (χ4v) is 4.39. The van der Waals surface area contributed by atoms with Gasteiger partial charge in [0.25, 0.3) is 5.56 Å². The molecule has 9 heteroatoms. The lowest BCUT2D eigenvalue weighted by atomic mass is 10.0. The van der Waals surface area contributed by atoms with Crippen molar-refractivity contribution in [1.82, 2.24) is 25.0 Å². The number of piperidine rings is 1. The number of hydrogen-bond acceptors (Lipinski definition) is 5. The molecule has 31 heavy (non-hydrogen) atoms. The molecule has 1 aliphatic heterocycles. The standard InChI is InChI=1S/C22H27N5O4/c1-3-17(20(28)24-14-9-11-26(12-10-14)22(30)31-4-2)27-18-8-6-5-7-15(18)16-13-23-25-21(29)19(16)27/h5-8,13-14,17H,3-4,9-12H2,1-2H3,(H,24,28)(H,25,29)/t17-/m0/s1. The number of nitrogens with one attached hydrogen (secondary N) is 2. The molecule has 0 unspecified atom stereocenters. The zero-order chi connectivity index (χ0) is 22.0. The number of H-pyrrole nitrogens is 1. The molecule has 3 heterocycles. The quantitative estimate of drug-likeness (QED) is 0.653. The van der Waals surface area contributed by atoms with Gasteiger partial charge in [-0.3, -0.25) is 9.59 Å². The summed E-state index contributed by atoms with van der Waals surface area (Å²) in [5.41, 5.74) is 0.966. The molecule has 1 aliphatic rings. The Hall–Kier alpha value is -3.36. The highest BCUT2D eigenvalue weighted by atomic mass is 16.6. The third-order valence-electron chi connectivity index (χ3n) is 5.89. The first-order valence-electron chi connectivity index (χ1n) is 10.7. The van der Waals surface area contributed by atoms with Crippen LogP contribution in [-0.2, 0) is 9.53 Å². The number of carbonyl (C=O) groups is 2. The molecule has 1 fully saturated rings. The highest BCUT2D eigenvalue weighted by Crippen LogP contribution is 2.30. The summed E-state index contributed by atoms with van der Waals surface area (Å²) in [7, 11) is 0. The van der Waals surface area contributed by atoms with Crippen molar-refractivity contribution in [2.75, 3.05) is 19.7 Å². The molecule has 4 rings (SSSR count). The summed E-state index contributed by atoms with van der Waals surface area (Å²) in [6, 6.07) is 7.10. The number of aromatic amines is 1. The first kappa shape index (κ1) is 20.9. The van der Waals surface area contributed by atoms with Gasteiger partial charge < -0.3 is 19.5 Å². The molecule has 0 aliphatic carbocycles. The highest BCUT2D eigenvalue weighted by molar-refractivity contribution is 6.08. The van der Waals surface area contributed by atoms with Gasteiger partial charge in [-0.25, -0.2) is 9.89 Å². The first-order chi connectivity index (χ1) is 15.0. The van der Waals surface area contributed by atoms with E-state index in [4.69, 9.17) is 4.74 Å². The number of fused-ring (bicyclic) bond motifs is 3. The van der Waals surface area contributed by atoms with Gasteiger partial charge in [0, 0.05) is 29.9 Å². The second-order valence-electron chi connectivity index (χ2n) is 7.74. The lowest BCUT2D eigenvalue weighted by molar-refractivity contribution is -0.125. The van der Waals surface area contributed by atoms with Crippen molar-refractivity contribution < 1.29 is 14.3 Å². The molecule has 0 radical (unpaired) electrons. The zero-order valence-electron chi connectivity index (χ0n) is 17.8. The van der Waals surface area contributed by atoms with Crippen LogP contribution in [-0.4, -0.2) is 57.4 Å². The first-order valence-corrected chi connectivity index (χ1v) is 10.7. The number of para-hydroxylation sites is 1. The Morgan fingerprint density at radius 2 is 1.97 bits per heavy atom. The van der Waals surface area contributed by atoms with E-state index in [-0.39, 0.29) is 23.6 Å². The summed E-state index contributed by atoms with van der Waals surface area (Å²) in [6.45, 7) is 5.15. The summed E-state index contributed by atoms with van der Waals surface area (Å²) < 4.78 is 6.88. The minimum Gasteiger partial charge on any atom is -0.450 e. The summed E-state index contributed by atoms with van der Waals surface area (Å²) in [5, 5.41) is 11.2. The predicted octanol–water partition coefficient (Wildman–Crippen LogP) is 2.57. The van der Waals surface area contributed by atoms with Crippen LogP contribution in [0.3, 0.4) is 0 Å². The second-order valence-corrected chi connectivity index (χ2v) is 7.74. The van der Waals surface area contributed by atoms with E-state index in [0.717, 1.165) is 16.3 Å². The Bertz CT molecular complexity index is 1160. The van der Waals surface area contributed by atoms with Crippen LogP contribution >= 0.6 is 0 Å². The smallest absolute Gasteiger partial charge is 0.409 e. The Morgan fingerprint density at radius 1 is 1.23 bits per heavy atom. The van der Waals surface area contributed by atoms with Gasteiger partial charge in [0.05, 0.1) is 18.3 Å². The molecule has 2 aromatic heterocycles. The zero-order valence-corrected chi connectivity index (χ0v) is 17.8. The fourth-order valence-electron chi connectivity index (χ4n) is 4.39. The maximum absolute atomic E-state index is 13.3. The van der Waals surface area contributed by atoms with E-state index in [2.05, 4.69) is 15.5 Å². The maximum atomic E-state index is 13.3. The monoisotopic (exact) mass is 425 g/mol. The fraction of sp³-hybridized carbons (Fsp3) is 0.455. The summed E-state index contributed by atoms with van der Waals surface area (Å²) in [6.07, 6.45) is 3.18. The van der Waals surface area contributed by atoms with Crippen molar-refractivity contribution in [3.05, 3.63) is 40.8 Å². The van der Waals surface area contributed by atoms with Crippen LogP contribution in [0.2, 0.25) is 0 Å². The summed E-state index contributed by atoms with van der Waals surface area (Å²) >= 11 is 0. The second kappa shape index (κ2) is 8.79. The van der Waals surface area contributed by atoms with Crippen molar-refractivity contribution in [1.29, 1.82) is 0 Å². The molecule has 2 N–H and O–H groups in total. The third kappa shape index (κ3) is 3.87. The van der Waals surface area contributed by atoms with Gasteiger partial charge in [0.2, 0.25) is 5.91 Å². The molecule has 1 saturated heterocycles. The van der Waals surface area contributed by atoms with Crippen LogP contribution in [0.25, 0.3) is 21.8 Å². The molecule has 164 valence electrons. The molecule has 1 atom stereocenters. The average Bonchev–Trinajstić information content (AvgIpc) is 3.11. The third-order valence-corrected chi connectivity index (χ3v) is 5.89. The number of rotatable bonds is 5. The summed E-state index contributed by atoms with van der Waals surface area (Å²) in [5.74, 6) is -0.129. The number of ether oxygens (including phenoxy) is 1. The number of aromatic nitrogens is 3. The molecule has 0 spiro atoms. The minimum atomic E-state index is -0.533. The van der Waals surface area contributed by atoms with Crippen molar-refractivity contribution in [3.8, 4) is 0 Å². The van der Waals surface area contributed by atoms with E-state index < -0.39 is 6.04 Å². The number of nitrogens with zero attached hydrogens (tertiary/aromatic N) is 3. The number of benzene rings is 1. The summed E-state index contributed by atoms with van der Waals surface area (Å²) in [4.78, 5) is 39.5. The topological polar surface area (TPSA) is 109 Å². The molecule has 9 nitrogen and oxygen atoms in total. The van der Waals surface area contributed by atoms with Crippen LogP contribution < -0.4 is 10.9 Å². The van der Waals surface area contributed by atoms with Crippen LogP contribution in [0, 0.1) is 0 Å². The van der Waals surface area contributed by atoms with E-state index >= 15 is 0 Å². The molecule has 1 aromatic carbocycles. The average molecular weight is 425 g/mol. The Balaban J connectivity index is 1.58. The number of hydrogen-bond donors (Lipinski definition) is 2. The minimum absolute atomic E-state index is 0.0275. The van der Waals surface area contributed by atoms with Crippen molar-refractivity contribution in [2.24, 2.45) is 0 Å². The van der Waals surface area contributed by atoms with Gasteiger partial charge in [-0.2, -0.15) is 5.10 Å². The van der Waals surface area contributed by atoms with Crippen molar-refractivity contribution >= 4 is 33.8 Å². The normalized spacial score (nSPS) is 15.9. The van der Waals surface area contributed by atoms with Crippen molar-refractivity contribution in [2.45, 2.75) is 45.2 Å². The van der Waals surface area contributed by atoms with Gasteiger partial charge in [-0.05, 0) is 32.3 Å². The van der Waals surface area contributed by atoms with Gasteiger partial charge in [-0.1, -0.05) is 25.1 Å². The number of amides is 2. The number of carbonyl (C=O) groups excluding carboxylic acids is 2. The molecule has 3 aromatic rings. The van der Waals surface area contributed by atoms with Crippen LogP contribution in [0.1, 0.15) is 39.2 Å². The Morgan fingerprint density at radius 3 is 2.68 bits per heavy atom. The predicted molar refractivity (Wildman–Crippen MR) is 117 cm³/mol. The maximum Gasteiger partial charge on any atom is 0.409 e. The Labute approximate surface area is 179 Å². The van der Waals surface area contributed by atoms with E-state index in [1.807, 2.05) is 35.8 Å². The SMILES string of the molecule is CCOC(=O)N1CCC(NC(=O)[C@H](CC)n2c3ccccc3c3cn[nH]c(=O)c32)CC1. The molecular formula is C22H27N5O4. The lowest BCUT2D eigenvalue weighted by Gasteiger charge is -2.32. The molecule has 0 bridgehead atoms. The van der Waals surface area contributed by atoms with Gasteiger partial charge in [0.15, 0.2) is 0 Å². The van der Waals surface area contributed by atoms with E-state index in [1.54, 1.807) is 18.0 Å². The Kier molecular flexibility index (Phi) is 5.92. The molecule has 0 saturated carbocycles. The van der Waals surface area contributed by atoms with E-state index in [0.29, 0.717) is 44.5 Å². The van der Waals surface area contributed by atoms with Crippen LogP contribution in [0.15, 0.2) is 35.3 Å². The van der Waals surface area contributed by atoms with Gasteiger partial charge >= 0.3 is 6.09 Å². The highest BCUT2D eigenvalue weighted by Gasteiger charge is 2.29. The number of likely N-dealkylation sites (tertiary alicyclic amines) is 1. The lowest BCUT2D eigenvalue weighted by Crippen LogP contribution is -2.48. The van der Waals surface area contributed by atoms with Crippen LogP contribution in [0.5, 0.6) is 0 Å². The van der Waals surface area contributed by atoms with Gasteiger partial charge in [0.1, 0.15) is 11.6 Å². The van der Waals surface area contributed by atoms with Crippen molar-refractivity contribution in [3.63, 3.8) is 0 Å². The van der Waals surface area contributed by atoms with Gasteiger partial charge in [-0.15, -0.1) is 0 Å². The molecular weight excluding hydrogens is 398 g/mol. The van der Waals surface area contributed by atoms with E-state index in [1.165, 1.54) is 0 Å². The van der Waals surface area contributed by atoms with Crippen LogP contribution in [0.4, 0.5) is 4.79 Å².